The van der Waals surface area contributed by atoms with E-state index in [1.165, 1.54) is 7.11 Å². The molecule has 0 aromatic carbocycles. The molecule has 0 amide bonds. The van der Waals surface area contributed by atoms with E-state index in [0.29, 0.717) is 12.8 Å². The summed E-state index contributed by atoms with van der Waals surface area (Å²) >= 11 is 0. The average molecular weight is 359 g/mol. The van der Waals surface area contributed by atoms with E-state index in [9.17, 15) is 15.0 Å². The minimum absolute atomic E-state index is 0.135. The fourth-order valence-corrected chi connectivity index (χ4v) is 2.72. The first-order valence-corrected chi connectivity index (χ1v) is 9.69. The monoisotopic (exact) mass is 358 g/mol. The molecule has 0 aliphatic rings. The number of aliphatic hydroxyl groups excluding tert-OH is 2. The zero-order valence-corrected chi connectivity index (χ0v) is 16.3. The molecule has 0 bridgehead atoms. The maximum atomic E-state index is 11.0. The molecule has 0 fully saturated rings. The molecule has 148 valence electrons. The summed E-state index contributed by atoms with van der Waals surface area (Å²) < 4.78 is 9.90. The van der Waals surface area contributed by atoms with Crippen molar-refractivity contribution in [1.82, 2.24) is 0 Å². The summed E-state index contributed by atoms with van der Waals surface area (Å²) in [6.45, 7) is 2.11. The van der Waals surface area contributed by atoms with Crippen LogP contribution in [0.4, 0.5) is 0 Å². The number of ether oxygens (including phenoxy) is 2. The van der Waals surface area contributed by atoms with Gasteiger partial charge in [-0.2, -0.15) is 0 Å². The fourth-order valence-electron chi connectivity index (χ4n) is 2.72. The molecular weight excluding hydrogens is 320 g/mol. The van der Waals surface area contributed by atoms with E-state index in [1.807, 2.05) is 12.2 Å². The largest absolute Gasteiger partial charge is 0.469 e. The lowest BCUT2D eigenvalue weighted by Gasteiger charge is -2.23. The van der Waals surface area contributed by atoms with Gasteiger partial charge in [-0.05, 0) is 25.7 Å². The minimum Gasteiger partial charge on any atom is -0.469 e. The van der Waals surface area contributed by atoms with Crippen LogP contribution in [-0.2, 0) is 14.3 Å². The Morgan fingerprint density at radius 3 is 2.32 bits per heavy atom. The van der Waals surface area contributed by atoms with Gasteiger partial charge in [0.25, 0.3) is 0 Å². The van der Waals surface area contributed by atoms with E-state index >= 15 is 0 Å². The Morgan fingerprint density at radius 2 is 1.68 bits per heavy atom. The van der Waals surface area contributed by atoms with Gasteiger partial charge >= 0.3 is 5.97 Å². The first-order valence-electron chi connectivity index (χ1n) is 9.69. The van der Waals surface area contributed by atoms with Crippen LogP contribution >= 0.6 is 0 Å². The van der Waals surface area contributed by atoms with Crippen molar-refractivity contribution < 1.29 is 24.5 Å². The number of hydrogen-bond donors (Lipinski definition) is 2. The minimum atomic E-state index is -0.878. The number of unbranched alkanes of at least 4 members (excludes halogenated alkanes) is 7. The van der Waals surface area contributed by atoms with Crippen LogP contribution in [0.3, 0.4) is 0 Å². The number of esters is 1. The number of hydrogen-bond acceptors (Lipinski definition) is 5. The summed E-state index contributed by atoms with van der Waals surface area (Å²) in [6.07, 6.45) is 12.1. The van der Waals surface area contributed by atoms with Crippen molar-refractivity contribution in [3.05, 3.63) is 12.2 Å². The smallest absolute Gasteiger partial charge is 0.305 e. The number of methoxy groups -OCH3 is 2. The highest BCUT2D eigenvalue weighted by Crippen LogP contribution is 2.13. The second-order valence-electron chi connectivity index (χ2n) is 6.56. The molecule has 5 heteroatoms. The summed E-state index contributed by atoms with van der Waals surface area (Å²) in [7, 11) is 2.97. The number of rotatable bonds is 16. The lowest BCUT2D eigenvalue weighted by molar-refractivity contribution is -0.140. The number of aliphatic hydroxyl groups is 2. The van der Waals surface area contributed by atoms with Crippen LogP contribution in [0.5, 0.6) is 0 Å². The maximum Gasteiger partial charge on any atom is 0.305 e. The van der Waals surface area contributed by atoms with Crippen LogP contribution in [0.1, 0.15) is 77.6 Å². The van der Waals surface area contributed by atoms with Gasteiger partial charge in [-0.15, -0.1) is 0 Å². The molecule has 0 saturated carbocycles. The first-order chi connectivity index (χ1) is 12.1. The van der Waals surface area contributed by atoms with Gasteiger partial charge in [0, 0.05) is 13.5 Å². The fraction of sp³-hybridized carbons (Fsp3) is 0.850. The number of allylic oxidation sites excluding steroid dienone is 1. The van der Waals surface area contributed by atoms with Gasteiger partial charge in [0.15, 0.2) is 0 Å². The lowest BCUT2D eigenvalue weighted by atomic mass is 10.0. The molecule has 0 aliphatic carbocycles. The molecule has 0 saturated heterocycles. The second kappa shape index (κ2) is 16.6. The summed E-state index contributed by atoms with van der Waals surface area (Å²) in [5.41, 5.74) is 0. The van der Waals surface area contributed by atoms with Crippen molar-refractivity contribution in [2.75, 3.05) is 14.2 Å². The molecular formula is C20H38O5. The predicted octanol–water partition coefficient (Wildman–Crippen LogP) is 3.76. The Kier molecular flexibility index (Phi) is 16.0. The van der Waals surface area contributed by atoms with Crippen LogP contribution in [0.2, 0.25) is 0 Å². The molecule has 2 N–H and O–H groups in total. The first kappa shape index (κ1) is 24.1. The van der Waals surface area contributed by atoms with Gasteiger partial charge in [0.1, 0.15) is 12.2 Å². The number of carbonyl (C=O) groups excluding carboxylic acids is 1. The van der Waals surface area contributed by atoms with Gasteiger partial charge in [-0.3, -0.25) is 4.79 Å². The summed E-state index contributed by atoms with van der Waals surface area (Å²) in [5, 5.41) is 20.2. The van der Waals surface area contributed by atoms with Crippen LogP contribution < -0.4 is 0 Å². The van der Waals surface area contributed by atoms with Crippen molar-refractivity contribution in [3.8, 4) is 0 Å². The molecule has 3 unspecified atom stereocenters. The Labute approximate surface area is 153 Å². The Morgan fingerprint density at radius 1 is 1.00 bits per heavy atom. The topological polar surface area (TPSA) is 76.0 Å². The zero-order chi connectivity index (χ0) is 18.9. The van der Waals surface area contributed by atoms with Crippen molar-refractivity contribution in [2.45, 2.75) is 95.9 Å². The Hall–Kier alpha value is -0.910. The SMILES string of the molecule is CCCCCC(O)C(O)C(C=CCCCCCCCC(=O)OC)OC. The third kappa shape index (κ3) is 13.0. The van der Waals surface area contributed by atoms with Gasteiger partial charge in [0.05, 0.1) is 13.2 Å². The van der Waals surface area contributed by atoms with Gasteiger partial charge in [-0.1, -0.05) is 57.6 Å². The highest BCUT2D eigenvalue weighted by atomic mass is 16.5. The third-order valence-corrected chi connectivity index (χ3v) is 4.41. The van der Waals surface area contributed by atoms with Crippen molar-refractivity contribution >= 4 is 5.97 Å². The van der Waals surface area contributed by atoms with Crippen molar-refractivity contribution in [3.63, 3.8) is 0 Å². The molecule has 0 aromatic heterocycles. The third-order valence-electron chi connectivity index (χ3n) is 4.41. The van der Waals surface area contributed by atoms with Gasteiger partial charge in [-0.25, -0.2) is 0 Å². The molecule has 5 nitrogen and oxygen atoms in total. The molecule has 0 heterocycles. The van der Waals surface area contributed by atoms with E-state index in [4.69, 9.17) is 4.74 Å². The van der Waals surface area contributed by atoms with Crippen LogP contribution in [0.25, 0.3) is 0 Å². The molecule has 0 aromatic rings. The molecule has 3 atom stereocenters. The van der Waals surface area contributed by atoms with Crippen LogP contribution in [0.15, 0.2) is 12.2 Å². The summed E-state index contributed by atoms with van der Waals surface area (Å²) in [6, 6.07) is 0. The zero-order valence-electron chi connectivity index (χ0n) is 16.3. The van der Waals surface area contributed by atoms with E-state index in [2.05, 4.69) is 11.7 Å². The molecule has 0 rings (SSSR count). The van der Waals surface area contributed by atoms with Crippen molar-refractivity contribution in [1.29, 1.82) is 0 Å². The predicted molar refractivity (Wildman–Crippen MR) is 100 cm³/mol. The summed E-state index contributed by atoms with van der Waals surface area (Å²) in [5.74, 6) is -0.135. The van der Waals surface area contributed by atoms with Crippen LogP contribution in [0, 0.1) is 0 Å². The Bertz CT molecular complexity index is 343. The van der Waals surface area contributed by atoms with Crippen LogP contribution in [-0.4, -0.2) is 48.7 Å². The Balaban J connectivity index is 3.83. The maximum absolute atomic E-state index is 11.0. The summed E-state index contributed by atoms with van der Waals surface area (Å²) in [4.78, 5) is 11.0. The van der Waals surface area contributed by atoms with Gasteiger partial charge < -0.3 is 19.7 Å². The normalized spacial score (nSPS) is 15.2. The van der Waals surface area contributed by atoms with Crippen molar-refractivity contribution in [2.24, 2.45) is 0 Å². The molecule has 0 aliphatic heterocycles. The quantitative estimate of drug-likeness (QED) is 0.250. The average Bonchev–Trinajstić information content (AvgIpc) is 2.62. The molecule has 25 heavy (non-hydrogen) atoms. The molecule has 0 spiro atoms. The molecule has 0 radical (unpaired) electrons. The number of carbonyl (C=O) groups is 1. The lowest BCUT2D eigenvalue weighted by Crippen LogP contribution is -2.37. The highest BCUT2D eigenvalue weighted by molar-refractivity contribution is 5.68. The van der Waals surface area contributed by atoms with E-state index in [0.717, 1.165) is 57.8 Å². The second-order valence-corrected chi connectivity index (χ2v) is 6.56. The highest BCUT2D eigenvalue weighted by Gasteiger charge is 2.23. The van der Waals surface area contributed by atoms with E-state index in [-0.39, 0.29) is 5.97 Å². The van der Waals surface area contributed by atoms with E-state index < -0.39 is 18.3 Å². The van der Waals surface area contributed by atoms with Gasteiger partial charge in [0.2, 0.25) is 0 Å². The standard InChI is InChI=1S/C20H38O5/c1-4-5-11-14-17(21)20(23)18(24-2)15-12-9-7-6-8-10-13-16-19(22)25-3/h12,15,17-18,20-21,23H,4-11,13-14,16H2,1-3H3. The van der Waals surface area contributed by atoms with E-state index in [1.54, 1.807) is 7.11 Å².